The molecule has 0 aliphatic carbocycles. The van der Waals surface area contributed by atoms with Crippen LogP contribution in [0.3, 0.4) is 0 Å². The van der Waals surface area contributed by atoms with Crippen LogP contribution < -0.4 is 9.47 Å². The summed E-state index contributed by atoms with van der Waals surface area (Å²) in [4.78, 5) is 11.1. The largest absolute Gasteiger partial charge is 0.454 e. The maximum Gasteiger partial charge on any atom is 0.231 e. The summed E-state index contributed by atoms with van der Waals surface area (Å²) in [7, 11) is 0. The number of hydrogen-bond acceptors (Lipinski definition) is 5. The van der Waals surface area contributed by atoms with Crippen molar-refractivity contribution in [3.63, 3.8) is 0 Å². The van der Waals surface area contributed by atoms with E-state index < -0.39 is 0 Å². The number of carbonyl (C=O) groups is 1. The SMILES string of the molecule is N#CCCn1cc(C=O)c(-c2ccc3c(c2)OCO3)n1. The third-order valence-electron chi connectivity index (χ3n) is 3.02. The monoisotopic (exact) mass is 269 g/mol. The number of ether oxygens (including phenoxy) is 2. The van der Waals surface area contributed by atoms with Crippen LogP contribution in [0.25, 0.3) is 11.3 Å². The van der Waals surface area contributed by atoms with Crippen molar-refractivity contribution in [1.29, 1.82) is 5.26 Å². The van der Waals surface area contributed by atoms with Crippen LogP contribution in [0.4, 0.5) is 0 Å². The van der Waals surface area contributed by atoms with Gasteiger partial charge in [0.25, 0.3) is 0 Å². The molecule has 3 rings (SSSR count). The highest BCUT2D eigenvalue weighted by atomic mass is 16.7. The van der Waals surface area contributed by atoms with Crippen molar-refractivity contribution >= 4 is 6.29 Å². The van der Waals surface area contributed by atoms with Crippen molar-refractivity contribution in [3.8, 4) is 28.8 Å². The van der Waals surface area contributed by atoms with Gasteiger partial charge in [-0.2, -0.15) is 10.4 Å². The maximum absolute atomic E-state index is 11.1. The molecule has 0 N–H and O–H groups in total. The first-order valence-corrected chi connectivity index (χ1v) is 6.11. The highest BCUT2D eigenvalue weighted by molar-refractivity contribution is 5.85. The molecule has 0 fully saturated rings. The Labute approximate surface area is 115 Å². The summed E-state index contributed by atoms with van der Waals surface area (Å²) in [5, 5.41) is 12.9. The van der Waals surface area contributed by atoms with Crippen molar-refractivity contribution in [2.75, 3.05) is 6.79 Å². The average Bonchev–Trinajstić information content (AvgIpc) is 3.10. The number of hydrogen-bond donors (Lipinski definition) is 0. The smallest absolute Gasteiger partial charge is 0.231 e. The van der Waals surface area contributed by atoms with E-state index in [4.69, 9.17) is 14.7 Å². The van der Waals surface area contributed by atoms with Crippen molar-refractivity contribution < 1.29 is 14.3 Å². The molecule has 0 atom stereocenters. The zero-order chi connectivity index (χ0) is 13.9. The first-order chi connectivity index (χ1) is 9.81. The fourth-order valence-electron chi connectivity index (χ4n) is 2.07. The van der Waals surface area contributed by atoms with Crippen molar-refractivity contribution in [2.45, 2.75) is 13.0 Å². The predicted molar refractivity (Wildman–Crippen MR) is 69.4 cm³/mol. The molecule has 0 amide bonds. The molecule has 20 heavy (non-hydrogen) atoms. The molecule has 100 valence electrons. The molecule has 6 nitrogen and oxygen atoms in total. The number of nitrogens with zero attached hydrogens (tertiary/aromatic N) is 3. The number of aldehydes is 1. The lowest BCUT2D eigenvalue weighted by Crippen LogP contribution is -1.97. The van der Waals surface area contributed by atoms with Gasteiger partial charge < -0.3 is 9.47 Å². The summed E-state index contributed by atoms with van der Waals surface area (Å²) in [5.41, 5.74) is 1.85. The van der Waals surface area contributed by atoms with Gasteiger partial charge in [-0.3, -0.25) is 9.48 Å². The molecule has 1 aromatic heterocycles. The second-order valence-corrected chi connectivity index (χ2v) is 4.29. The van der Waals surface area contributed by atoms with Gasteiger partial charge in [-0.15, -0.1) is 0 Å². The molecule has 1 aromatic carbocycles. The van der Waals surface area contributed by atoms with E-state index in [-0.39, 0.29) is 6.79 Å². The lowest BCUT2D eigenvalue weighted by Gasteiger charge is -2.01. The van der Waals surface area contributed by atoms with Crippen LogP contribution >= 0.6 is 0 Å². The molecule has 1 aliphatic rings. The molecule has 1 aliphatic heterocycles. The van der Waals surface area contributed by atoms with Crippen LogP contribution in [0.2, 0.25) is 0 Å². The Morgan fingerprint density at radius 3 is 3.05 bits per heavy atom. The van der Waals surface area contributed by atoms with E-state index in [1.165, 1.54) is 0 Å². The summed E-state index contributed by atoms with van der Waals surface area (Å²) in [6.07, 6.45) is 2.75. The van der Waals surface area contributed by atoms with Gasteiger partial charge in [0, 0.05) is 11.8 Å². The number of carbonyl (C=O) groups excluding carboxylic acids is 1. The summed E-state index contributed by atoms with van der Waals surface area (Å²) in [6.45, 7) is 0.665. The van der Waals surface area contributed by atoms with Crippen LogP contribution in [0.5, 0.6) is 11.5 Å². The molecular formula is C14H11N3O3. The Morgan fingerprint density at radius 2 is 2.25 bits per heavy atom. The quantitative estimate of drug-likeness (QED) is 0.793. The predicted octanol–water partition coefficient (Wildman–Crippen LogP) is 2.00. The van der Waals surface area contributed by atoms with Gasteiger partial charge in [-0.1, -0.05) is 0 Å². The van der Waals surface area contributed by atoms with Gasteiger partial charge >= 0.3 is 0 Å². The van der Waals surface area contributed by atoms with Gasteiger partial charge in [0.05, 0.1) is 24.6 Å². The molecule has 2 heterocycles. The van der Waals surface area contributed by atoms with E-state index in [1.807, 2.05) is 6.07 Å². The first kappa shape index (κ1) is 12.2. The van der Waals surface area contributed by atoms with Crippen LogP contribution in [-0.2, 0) is 6.54 Å². The first-order valence-electron chi connectivity index (χ1n) is 6.11. The van der Waals surface area contributed by atoms with Crippen molar-refractivity contribution in [3.05, 3.63) is 30.0 Å². The number of benzene rings is 1. The summed E-state index contributed by atoms with van der Waals surface area (Å²) in [6, 6.07) is 7.47. The Hall–Kier alpha value is -2.81. The van der Waals surface area contributed by atoms with Gasteiger partial charge in [0.2, 0.25) is 6.79 Å². The highest BCUT2D eigenvalue weighted by Gasteiger charge is 2.17. The van der Waals surface area contributed by atoms with E-state index in [2.05, 4.69) is 11.2 Å². The Morgan fingerprint density at radius 1 is 1.40 bits per heavy atom. The average molecular weight is 269 g/mol. The van der Waals surface area contributed by atoms with Crippen molar-refractivity contribution in [2.24, 2.45) is 0 Å². The number of rotatable bonds is 4. The summed E-state index contributed by atoms with van der Waals surface area (Å²) >= 11 is 0. The van der Waals surface area contributed by atoms with Crippen molar-refractivity contribution in [1.82, 2.24) is 9.78 Å². The molecule has 0 radical (unpaired) electrons. The van der Waals surface area contributed by atoms with Crippen LogP contribution in [-0.4, -0.2) is 22.9 Å². The van der Waals surface area contributed by atoms with Gasteiger partial charge in [-0.25, -0.2) is 0 Å². The fourth-order valence-corrected chi connectivity index (χ4v) is 2.07. The zero-order valence-corrected chi connectivity index (χ0v) is 10.6. The lowest BCUT2D eigenvalue weighted by atomic mass is 10.1. The third kappa shape index (κ3) is 2.10. The molecule has 0 bridgehead atoms. The molecule has 0 saturated carbocycles. The third-order valence-corrected chi connectivity index (χ3v) is 3.02. The topological polar surface area (TPSA) is 77.1 Å². The second kappa shape index (κ2) is 5.05. The van der Waals surface area contributed by atoms with Crippen LogP contribution in [0.1, 0.15) is 16.8 Å². The van der Waals surface area contributed by atoms with Gasteiger partial charge in [0.15, 0.2) is 17.8 Å². The minimum atomic E-state index is 0.204. The Bertz CT molecular complexity index is 700. The molecule has 2 aromatic rings. The summed E-state index contributed by atoms with van der Waals surface area (Å²) in [5.74, 6) is 1.33. The van der Waals surface area contributed by atoms with Gasteiger partial charge in [-0.05, 0) is 18.2 Å². The fraction of sp³-hybridized carbons (Fsp3) is 0.214. The normalized spacial score (nSPS) is 12.2. The number of nitriles is 1. The maximum atomic E-state index is 11.1. The van der Waals surface area contributed by atoms with Gasteiger partial charge in [0.1, 0.15) is 5.69 Å². The molecular weight excluding hydrogens is 258 g/mol. The van der Waals surface area contributed by atoms with Crippen LogP contribution in [0, 0.1) is 11.3 Å². The molecule has 0 unspecified atom stereocenters. The number of fused-ring (bicyclic) bond motifs is 1. The van der Waals surface area contributed by atoms with E-state index >= 15 is 0 Å². The number of aryl methyl sites for hydroxylation is 1. The lowest BCUT2D eigenvalue weighted by molar-refractivity contribution is 0.112. The molecule has 6 heteroatoms. The standard InChI is InChI=1S/C14H11N3O3/c15-4-1-5-17-7-11(8-18)14(16-17)10-2-3-12-13(6-10)20-9-19-12/h2-3,6-8H,1,5,9H2. The number of aromatic nitrogens is 2. The van der Waals surface area contributed by atoms with E-state index in [9.17, 15) is 4.79 Å². The molecule has 0 saturated heterocycles. The van der Waals surface area contributed by atoms with E-state index in [0.717, 1.165) is 11.8 Å². The Kier molecular flexibility index (Phi) is 3.09. The van der Waals surface area contributed by atoms with E-state index in [1.54, 1.807) is 23.0 Å². The van der Waals surface area contributed by atoms with Crippen LogP contribution in [0.15, 0.2) is 24.4 Å². The minimum Gasteiger partial charge on any atom is -0.454 e. The minimum absolute atomic E-state index is 0.204. The zero-order valence-electron chi connectivity index (χ0n) is 10.6. The Balaban J connectivity index is 1.98. The highest BCUT2D eigenvalue weighted by Crippen LogP contribution is 2.36. The summed E-state index contributed by atoms with van der Waals surface area (Å²) < 4.78 is 12.2. The van der Waals surface area contributed by atoms with E-state index in [0.29, 0.717) is 35.7 Å². The second-order valence-electron chi connectivity index (χ2n) is 4.29. The molecule has 0 spiro atoms.